The van der Waals surface area contributed by atoms with E-state index in [0.717, 1.165) is 0 Å². The lowest BCUT2D eigenvalue weighted by Crippen LogP contribution is -1.99. The number of hydrogen-bond donors (Lipinski definition) is 0. The van der Waals surface area contributed by atoms with Crippen LogP contribution in [0.3, 0.4) is 0 Å². The fraction of sp³-hybridized carbons (Fsp3) is 0.0667. The van der Waals surface area contributed by atoms with E-state index in [-0.39, 0.29) is 0 Å². The van der Waals surface area contributed by atoms with Crippen molar-refractivity contribution in [3.05, 3.63) is 72.3 Å². The summed E-state index contributed by atoms with van der Waals surface area (Å²) >= 11 is 0. The second-order valence-electron chi connectivity index (χ2n) is 4.24. The number of nitrogens with zero attached hydrogens (tertiary/aromatic N) is 2. The fourth-order valence-electron chi connectivity index (χ4n) is 2.02. The molecule has 0 bridgehead atoms. The van der Waals surface area contributed by atoms with E-state index in [1.54, 1.807) is 12.1 Å². The number of halogens is 2. The molecule has 0 saturated carbocycles. The number of rotatable bonds is 3. The van der Waals surface area contributed by atoms with Crippen molar-refractivity contribution in [2.45, 2.75) is 6.17 Å². The Morgan fingerprint density at radius 1 is 1.10 bits per heavy atom. The van der Waals surface area contributed by atoms with Gasteiger partial charge in [0.25, 0.3) is 0 Å². The van der Waals surface area contributed by atoms with Crippen molar-refractivity contribution in [3.63, 3.8) is 0 Å². The van der Waals surface area contributed by atoms with Crippen LogP contribution in [0.4, 0.5) is 8.78 Å². The fourth-order valence-corrected chi connectivity index (χ4v) is 2.02. The van der Waals surface area contributed by atoms with Gasteiger partial charge in [-0.05, 0) is 24.3 Å². The van der Waals surface area contributed by atoms with Crippen LogP contribution < -0.4 is 0 Å². The molecular weight excluding hydrogens is 262 g/mol. The Bertz CT molecular complexity index is 699. The first-order chi connectivity index (χ1) is 9.75. The third kappa shape index (κ3) is 2.30. The number of hydrogen-bond acceptors (Lipinski definition) is 3. The number of benzene rings is 1. The summed E-state index contributed by atoms with van der Waals surface area (Å²) in [5, 5.41) is 0. The predicted molar refractivity (Wildman–Crippen MR) is 69.1 cm³/mol. The second-order valence-corrected chi connectivity index (χ2v) is 4.24. The molecule has 0 aliphatic carbocycles. The molecule has 0 N–H and O–H groups in total. The third-order valence-corrected chi connectivity index (χ3v) is 2.95. The molecule has 1 aromatic carbocycles. The van der Waals surface area contributed by atoms with Gasteiger partial charge in [-0.15, -0.1) is 0 Å². The van der Waals surface area contributed by atoms with E-state index in [9.17, 15) is 8.78 Å². The minimum absolute atomic E-state index is 0.312. The van der Waals surface area contributed by atoms with Gasteiger partial charge in [-0.25, -0.2) is 18.7 Å². The molecule has 0 aliphatic heterocycles. The summed E-state index contributed by atoms with van der Waals surface area (Å²) in [5.74, 6) is -0.0318. The number of aromatic nitrogens is 2. The van der Waals surface area contributed by atoms with Gasteiger partial charge in [-0.1, -0.05) is 6.07 Å². The Morgan fingerprint density at radius 3 is 2.60 bits per heavy atom. The zero-order chi connectivity index (χ0) is 13.9. The average Bonchev–Trinajstić information content (AvgIpc) is 3.01. The Kier molecular flexibility index (Phi) is 3.25. The quantitative estimate of drug-likeness (QED) is 0.725. The van der Waals surface area contributed by atoms with Gasteiger partial charge in [0.05, 0.1) is 6.26 Å². The van der Waals surface area contributed by atoms with Crippen LogP contribution in [0.2, 0.25) is 0 Å². The molecule has 2 aromatic heterocycles. The van der Waals surface area contributed by atoms with Gasteiger partial charge < -0.3 is 4.42 Å². The van der Waals surface area contributed by atoms with Crippen LogP contribution in [0.25, 0.3) is 11.3 Å². The third-order valence-electron chi connectivity index (χ3n) is 2.95. The van der Waals surface area contributed by atoms with Gasteiger partial charge in [-0.3, -0.25) is 0 Å². The van der Waals surface area contributed by atoms with Crippen LogP contribution in [0.15, 0.2) is 59.7 Å². The second kappa shape index (κ2) is 5.21. The molecule has 2 heterocycles. The predicted octanol–water partition coefficient (Wildman–Crippen LogP) is 3.93. The zero-order valence-corrected chi connectivity index (χ0v) is 10.3. The van der Waals surface area contributed by atoms with Crippen LogP contribution in [0.1, 0.15) is 17.3 Å². The lowest BCUT2D eigenvalue weighted by molar-refractivity contribution is 0.399. The SMILES string of the molecule is Fc1ccc(C(F)c2cncnc2)c(-c2ccco2)c1. The lowest BCUT2D eigenvalue weighted by atomic mass is 9.98. The van der Waals surface area contributed by atoms with Crippen molar-refractivity contribution in [2.24, 2.45) is 0 Å². The van der Waals surface area contributed by atoms with Gasteiger partial charge in [0, 0.05) is 29.1 Å². The highest BCUT2D eigenvalue weighted by Crippen LogP contribution is 2.34. The Morgan fingerprint density at radius 2 is 1.90 bits per heavy atom. The molecular formula is C15H10F2N2O. The smallest absolute Gasteiger partial charge is 0.154 e. The summed E-state index contributed by atoms with van der Waals surface area (Å²) in [6.45, 7) is 0. The van der Waals surface area contributed by atoms with Crippen LogP contribution in [-0.2, 0) is 0 Å². The van der Waals surface area contributed by atoms with Crippen LogP contribution in [-0.4, -0.2) is 9.97 Å². The van der Waals surface area contributed by atoms with E-state index in [0.29, 0.717) is 22.5 Å². The first-order valence-corrected chi connectivity index (χ1v) is 5.98. The van der Waals surface area contributed by atoms with Gasteiger partial charge >= 0.3 is 0 Å². The molecule has 0 spiro atoms. The lowest BCUT2D eigenvalue weighted by Gasteiger charge is -2.12. The van der Waals surface area contributed by atoms with E-state index in [2.05, 4.69) is 9.97 Å². The summed E-state index contributed by atoms with van der Waals surface area (Å²) < 4.78 is 33.3. The van der Waals surface area contributed by atoms with Crippen LogP contribution in [0.5, 0.6) is 0 Å². The van der Waals surface area contributed by atoms with Gasteiger partial charge in [0.2, 0.25) is 0 Å². The summed E-state index contributed by atoms with van der Waals surface area (Å²) in [5.41, 5.74) is 1.01. The summed E-state index contributed by atoms with van der Waals surface area (Å²) in [6, 6.07) is 7.21. The average molecular weight is 272 g/mol. The van der Waals surface area contributed by atoms with Gasteiger partial charge in [0.15, 0.2) is 6.17 Å². The standard InChI is InChI=1S/C15H10F2N2O/c16-11-3-4-12(13(6-11)14-2-1-5-20-14)15(17)10-7-18-9-19-8-10/h1-9,15H. The van der Waals surface area contributed by atoms with Crippen molar-refractivity contribution in [1.29, 1.82) is 0 Å². The maximum atomic E-state index is 14.6. The van der Waals surface area contributed by atoms with E-state index < -0.39 is 12.0 Å². The molecule has 3 rings (SSSR count). The first kappa shape index (κ1) is 12.5. The van der Waals surface area contributed by atoms with Gasteiger partial charge in [-0.2, -0.15) is 0 Å². The highest BCUT2D eigenvalue weighted by atomic mass is 19.1. The normalized spacial score (nSPS) is 12.3. The van der Waals surface area contributed by atoms with Crippen molar-refractivity contribution >= 4 is 0 Å². The van der Waals surface area contributed by atoms with Crippen molar-refractivity contribution in [3.8, 4) is 11.3 Å². The van der Waals surface area contributed by atoms with Crippen LogP contribution >= 0.6 is 0 Å². The maximum Gasteiger partial charge on any atom is 0.154 e. The van der Waals surface area contributed by atoms with Crippen molar-refractivity contribution < 1.29 is 13.2 Å². The molecule has 0 saturated heterocycles. The molecule has 5 heteroatoms. The van der Waals surface area contributed by atoms with Crippen molar-refractivity contribution in [1.82, 2.24) is 9.97 Å². The molecule has 0 amide bonds. The van der Waals surface area contributed by atoms with E-state index >= 15 is 0 Å². The number of alkyl halides is 1. The highest BCUT2D eigenvalue weighted by molar-refractivity contribution is 5.63. The number of furan rings is 1. The first-order valence-electron chi connectivity index (χ1n) is 5.98. The Labute approximate surface area is 113 Å². The largest absolute Gasteiger partial charge is 0.464 e. The minimum atomic E-state index is -1.45. The summed E-state index contributed by atoms with van der Waals surface area (Å²) in [6.07, 6.45) is 4.13. The zero-order valence-electron chi connectivity index (χ0n) is 10.3. The van der Waals surface area contributed by atoms with Gasteiger partial charge in [0.1, 0.15) is 17.9 Å². The molecule has 0 aliphatic rings. The highest BCUT2D eigenvalue weighted by Gasteiger charge is 2.19. The topological polar surface area (TPSA) is 38.9 Å². The molecule has 1 unspecified atom stereocenters. The van der Waals surface area contributed by atoms with E-state index in [4.69, 9.17) is 4.42 Å². The molecule has 0 radical (unpaired) electrons. The monoisotopic (exact) mass is 272 g/mol. The molecule has 100 valence electrons. The molecule has 3 nitrogen and oxygen atoms in total. The summed E-state index contributed by atoms with van der Waals surface area (Å²) in [7, 11) is 0. The molecule has 0 fully saturated rings. The minimum Gasteiger partial charge on any atom is -0.464 e. The Hall–Kier alpha value is -2.56. The molecule has 1 atom stereocenters. The van der Waals surface area contributed by atoms with E-state index in [1.807, 2.05) is 0 Å². The van der Waals surface area contributed by atoms with Crippen molar-refractivity contribution in [2.75, 3.05) is 0 Å². The maximum absolute atomic E-state index is 14.6. The Balaban J connectivity index is 2.10. The van der Waals surface area contributed by atoms with Crippen LogP contribution in [0, 0.1) is 5.82 Å². The summed E-state index contributed by atoms with van der Waals surface area (Å²) in [4.78, 5) is 7.59. The molecule has 20 heavy (non-hydrogen) atoms. The molecule has 3 aromatic rings. The van der Waals surface area contributed by atoms with E-state index in [1.165, 1.54) is 43.2 Å².